The maximum absolute atomic E-state index is 12.4. The molecule has 5 aromatic heterocycles. The number of aliphatic imine (C=N–C) groups is 1. The van der Waals surface area contributed by atoms with E-state index in [1.165, 1.54) is 0 Å². The second-order valence-electron chi connectivity index (χ2n) is 35.4. The van der Waals surface area contributed by atoms with Crippen LogP contribution >= 0.6 is 70.6 Å². The number of hydrogen-bond acceptors (Lipinski definition) is 36. The molecule has 0 spiro atoms. The molecule has 5 aromatic rings. The number of amidine groups is 1. The summed E-state index contributed by atoms with van der Waals surface area (Å²) in [6, 6.07) is 11.1. The molecule has 6 fully saturated rings. The molecule has 0 aromatic carbocycles. The van der Waals surface area contributed by atoms with Gasteiger partial charge in [0.25, 0.3) is 0 Å². The van der Waals surface area contributed by atoms with Gasteiger partial charge in [-0.15, -0.1) is 70.6 Å². The molecule has 12 atom stereocenters. The monoisotopic (exact) mass is 2060 g/mol. The molecule has 0 saturated carbocycles. The van der Waals surface area contributed by atoms with E-state index in [0.717, 1.165) is 155 Å². The van der Waals surface area contributed by atoms with E-state index in [-0.39, 0.29) is 123 Å². The van der Waals surface area contributed by atoms with Gasteiger partial charge in [0.05, 0.1) is 51.8 Å². The largest absolute Gasteiger partial charge is 0.378 e. The minimum absolute atomic E-state index is 0.00813. The van der Waals surface area contributed by atoms with Gasteiger partial charge in [-0.3, -0.25) is 22.8 Å². The highest BCUT2D eigenvalue weighted by molar-refractivity contribution is 8.01. The number of thioether (sulfide) groups is 6. The molecule has 6 saturated heterocycles. The summed E-state index contributed by atoms with van der Waals surface area (Å²) < 4.78 is 76.3. The smallest absolute Gasteiger partial charge is 0.351 e. The van der Waals surface area contributed by atoms with Crippen LogP contribution in [-0.2, 0) is 56.8 Å². The summed E-state index contributed by atoms with van der Waals surface area (Å²) in [5, 5.41) is 0. The van der Waals surface area contributed by atoms with Gasteiger partial charge in [0.15, 0.2) is 0 Å². The summed E-state index contributed by atoms with van der Waals surface area (Å²) in [4.78, 5) is 103. The van der Waals surface area contributed by atoms with E-state index in [1.807, 2.05) is 89.9 Å². The van der Waals surface area contributed by atoms with Crippen LogP contribution < -0.4 is 52.9 Å². The molecule has 35 nitrogen and oxygen atoms in total. The lowest BCUT2D eigenvalue weighted by Gasteiger charge is -2.36. The Bertz CT molecular complexity index is 4700. The Morgan fingerprint density at radius 2 is 0.676 bits per heavy atom. The second-order valence-corrected chi connectivity index (χ2v) is 42.6. The van der Waals surface area contributed by atoms with Crippen molar-refractivity contribution in [2.75, 3.05) is 171 Å². The van der Waals surface area contributed by atoms with Crippen molar-refractivity contribution in [1.29, 1.82) is 0 Å². The van der Waals surface area contributed by atoms with E-state index in [0.29, 0.717) is 89.2 Å². The zero-order valence-electron chi connectivity index (χ0n) is 87.6. The molecule has 0 bridgehead atoms. The predicted molar refractivity (Wildman–Crippen MR) is 573 cm³/mol. The van der Waals surface area contributed by atoms with Gasteiger partial charge in [-0.05, 0) is 207 Å². The zero-order valence-corrected chi connectivity index (χ0v) is 92.4. The van der Waals surface area contributed by atoms with E-state index in [2.05, 4.69) is 192 Å². The quantitative estimate of drug-likeness (QED) is 0.0327. The van der Waals surface area contributed by atoms with Gasteiger partial charge in [-0.1, -0.05) is 47.1 Å². The molecule has 0 radical (unpaired) electrons. The Balaban J connectivity index is 0.000000227. The molecule has 0 aliphatic carbocycles. The Kier molecular flexibility index (Phi) is 55.0. The van der Waals surface area contributed by atoms with Gasteiger partial charge in [0.2, 0.25) is 0 Å². The third-order valence-corrected chi connectivity index (χ3v) is 29.1. The fourth-order valence-corrected chi connectivity index (χ4v) is 21.8. The number of rotatable bonds is 47. The van der Waals surface area contributed by atoms with Crippen LogP contribution in [0.25, 0.3) is 0 Å². The zero-order chi connectivity index (χ0) is 102. The predicted octanol–water partition coefficient (Wildman–Crippen LogP) is 16.1. The van der Waals surface area contributed by atoms with Crippen LogP contribution in [0.3, 0.4) is 0 Å². The average molecular weight is 2060 g/mol. The number of unbranched alkanes of at least 4 members (excludes halogenated alkanes) is 2. The molecule has 786 valence electrons. The highest BCUT2D eigenvalue weighted by atomic mass is 32.2. The first-order valence-electron chi connectivity index (χ1n) is 50.2. The van der Waals surface area contributed by atoms with Crippen LogP contribution in [0.1, 0.15) is 243 Å². The summed E-state index contributed by atoms with van der Waals surface area (Å²) in [5.41, 5.74) is -1.29. The first kappa shape index (κ1) is 120. The molecule has 139 heavy (non-hydrogen) atoms. The van der Waals surface area contributed by atoms with E-state index in [4.69, 9.17) is 61.8 Å². The molecule has 0 amide bonds. The SMILES string of the molecule is C=C1N=C(N(C(C)C)C(C)C)C=CN1[C@H]1CS[C@@H](COC(C)C)O1.CCCCN(CC)c1ccn([C@H]2CS[C@@H](COCC)O2)c(=O)n1.CCCCOC[C@H]1O[C@@H](n2ccc(N(CC)CC)nc2=O)CS1.CCCN(CCC)c1ccn([C@H]2CS[C@@H](COCC)O2)c(=O)n1.CCN(c1ccn([C@H]2CS[C@@H](COC(C)C)O2)c(=O)n1)C(C)C.CCOC[C@H]1O[C@@H](n2ccc(N(C(C)C)C(C)C)nc2=O)CS1. The lowest BCUT2D eigenvalue weighted by molar-refractivity contribution is -0.0491. The molecule has 41 heteroatoms. The fourth-order valence-electron chi connectivity index (χ4n) is 15.7. The van der Waals surface area contributed by atoms with Crippen molar-refractivity contribution in [3.05, 3.63) is 138 Å². The van der Waals surface area contributed by atoms with Gasteiger partial charge in [0.1, 0.15) is 111 Å². The van der Waals surface area contributed by atoms with Crippen molar-refractivity contribution in [2.24, 2.45) is 4.99 Å². The molecular weight excluding hydrogens is 1890 g/mol. The molecule has 12 rings (SSSR count). The summed E-state index contributed by atoms with van der Waals surface area (Å²) >= 11 is 10.2. The average Bonchev–Trinajstić information content (AvgIpc) is 1.78. The number of aromatic nitrogens is 10. The van der Waals surface area contributed by atoms with Gasteiger partial charge >= 0.3 is 28.4 Å². The van der Waals surface area contributed by atoms with Crippen LogP contribution in [0, 0.1) is 0 Å². The molecule has 0 unspecified atom stereocenters. The minimum atomic E-state index is -0.274. The van der Waals surface area contributed by atoms with Crippen molar-refractivity contribution < 1.29 is 56.8 Å². The lowest BCUT2D eigenvalue weighted by atomic mass is 10.2. The number of nitrogens with zero attached hydrogens (tertiary/aromatic N) is 18. The lowest BCUT2D eigenvalue weighted by Crippen LogP contribution is -2.43. The first-order valence-corrected chi connectivity index (χ1v) is 56.5. The summed E-state index contributed by atoms with van der Waals surface area (Å²) in [6.07, 6.45) is 18.6. The highest BCUT2D eigenvalue weighted by Crippen LogP contribution is 2.38. The molecule has 12 heterocycles. The fraction of sp³-hybridized carbons (Fsp3) is 0.745. The van der Waals surface area contributed by atoms with Gasteiger partial charge < -0.3 is 91.1 Å². The van der Waals surface area contributed by atoms with Gasteiger partial charge in [0, 0.05) is 174 Å². The Hall–Kier alpha value is -6.23. The number of hydrogen-bond donors (Lipinski definition) is 0. The van der Waals surface area contributed by atoms with E-state index < -0.39 is 0 Å². The number of anilines is 5. The van der Waals surface area contributed by atoms with Crippen molar-refractivity contribution in [3.8, 4) is 0 Å². The van der Waals surface area contributed by atoms with Crippen molar-refractivity contribution in [2.45, 2.75) is 324 Å². The maximum Gasteiger partial charge on any atom is 0.351 e. The minimum Gasteiger partial charge on any atom is -0.378 e. The van der Waals surface area contributed by atoms with Crippen molar-refractivity contribution in [1.82, 2.24) is 57.6 Å². The van der Waals surface area contributed by atoms with Crippen LogP contribution in [0.15, 0.2) is 115 Å². The Morgan fingerprint density at radius 1 is 0.360 bits per heavy atom. The van der Waals surface area contributed by atoms with Crippen molar-refractivity contribution in [3.63, 3.8) is 0 Å². The highest BCUT2D eigenvalue weighted by Gasteiger charge is 2.37. The molecule has 0 N–H and O–H groups in total. The van der Waals surface area contributed by atoms with E-state index in [9.17, 15) is 24.0 Å². The normalized spacial score (nSPS) is 21.6. The topological polar surface area (TPSA) is 320 Å². The summed E-state index contributed by atoms with van der Waals surface area (Å²) in [5.74, 6) is 9.94. The van der Waals surface area contributed by atoms with Crippen LogP contribution in [0.5, 0.6) is 0 Å². The van der Waals surface area contributed by atoms with Crippen LogP contribution in [-0.4, -0.2) is 291 Å². The van der Waals surface area contributed by atoms with Gasteiger partial charge in [-0.25, -0.2) is 29.0 Å². The third kappa shape index (κ3) is 38.6. The Morgan fingerprint density at radius 3 is 0.993 bits per heavy atom. The molecule has 7 aliphatic rings. The molecule has 7 aliphatic heterocycles. The van der Waals surface area contributed by atoms with E-state index in [1.54, 1.807) is 124 Å². The first-order chi connectivity index (χ1) is 66.7. The van der Waals surface area contributed by atoms with Crippen molar-refractivity contribution >= 4 is 105 Å². The second kappa shape index (κ2) is 63.9. The third-order valence-electron chi connectivity index (χ3n) is 22.6. The standard InChI is InChI=1S/C18H31N3O2S.5C16H27N3O3S/c1-12(2)21(13(3)4)16-8-9-20(15(7)19-16)17-11-24-18(23-17)10-22-14(5)6;1-6-21-9-15-22-14(10-23-15)18-8-7-13(17-16(18)20)19(11(2)3)12(4)5;1-6-18(11(2)3)13-7-8-19(16(20)17-13)14-10-23-15(22-14)9-21-12(4)5;1-4-8-18(9-5-2)13-7-10-19(16(20)17-13)14-12-23-15(22-14)11-21-6-3;1-4-7-10-21-11-15-22-14(12-23-15)19-9-8-13(17-16(19)20)18(5-2)6-3;1-4-7-9-18(5-2)13-8-10-19(16(20)17-13)14-12-23-15(22-14)11-21-6-3/h8-9,12-14,17-18H,7,10-11H2,1-6H3;2*7-8,11-12,14-15H,6,9-10H2,1-5H3;7,10,14-15H,4-6,8-9,11-12H2,1-3H3;8-9,14-15H,4-7,10-12H2,1-3H3;8,10,14-15H,4-7,9,11-12H2,1-3H3/t17-,18+;5*14-,15+/m111111/s1. The molecular formula is C98H166N18O17S6. The number of ether oxygens (including phenoxy) is 12. The van der Waals surface area contributed by atoms with Gasteiger partial charge in [-0.2, -0.15) is 24.9 Å². The summed E-state index contributed by atoms with van der Waals surface area (Å²) in [7, 11) is 0. The summed E-state index contributed by atoms with van der Waals surface area (Å²) in [6.45, 7) is 68.4. The maximum atomic E-state index is 12.4. The Labute approximate surface area is 852 Å². The van der Waals surface area contributed by atoms with Crippen LogP contribution in [0.2, 0.25) is 0 Å². The van der Waals surface area contributed by atoms with E-state index >= 15 is 0 Å². The van der Waals surface area contributed by atoms with Crippen LogP contribution in [0.4, 0.5) is 29.1 Å².